The normalized spacial score (nSPS) is 13.7. The molecular weight excluding hydrogens is 229 g/mol. The summed E-state index contributed by atoms with van der Waals surface area (Å²) in [7, 11) is -3.97. The Labute approximate surface area is 67.5 Å². The van der Waals surface area contributed by atoms with Crippen LogP contribution in [0.5, 0.6) is 0 Å². The van der Waals surface area contributed by atoms with Crippen molar-refractivity contribution in [3.8, 4) is 0 Å². The number of alkyl halides is 5. The van der Waals surface area contributed by atoms with Crippen molar-refractivity contribution >= 4 is 18.2 Å². The minimum atomic E-state index is -5.97. The molecule has 0 fully saturated rings. The van der Waals surface area contributed by atoms with E-state index in [1.54, 1.807) is 0 Å². The molecule has 0 saturated carbocycles. The summed E-state index contributed by atoms with van der Waals surface area (Å²) in [5, 5.41) is 0. The highest BCUT2D eigenvalue weighted by atomic mass is 31.1. The maximum Gasteiger partial charge on any atom is 0.701 e. The molecule has 0 heterocycles. The van der Waals surface area contributed by atoms with Crippen LogP contribution in [0.15, 0.2) is 0 Å². The minimum Gasteiger partial charge on any atom is -0.163 e. The summed E-state index contributed by atoms with van der Waals surface area (Å²) in [4.78, 5) is 7.56. The van der Waals surface area contributed by atoms with Crippen molar-refractivity contribution in [1.82, 2.24) is 0 Å². The molecule has 0 aromatic carbocycles. The molecule has 1 N–H and O–H groups in total. The Hall–Kier alpha value is 0.1000. The molecule has 10 heteroatoms. The molecule has 3 nitrogen and oxygen atoms in total. The predicted octanol–water partition coefficient (Wildman–Crippen LogP) is 1.87. The molecule has 0 aromatic heterocycles. The van der Waals surface area contributed by atoms with Crippen molar-refractivity contribution in [1.29, 1.82) is 0 Å². The Bertz CT molecular complexity index is 167. The van der Waals surface area contributed by atoms with E-state index in [1.165, 1.54) is 0 Å². The molecule has 74 valence electrons. The SMILES string of the molecule is O=[P+](O)OC(F)(F)C(F)(F)F.P. The topological polar surface area (TPSA) is 46.5 Å². The minimum absolute atomic E-state index is 0. The fourth-order valence-electron chi connectivity index (χ4n) is 0.150. The molecule has 0 saturated heterocycles. The van der Waals surface area contributed by atoms with E-state index >= 15 is 0 Å². The average Bonchev–Trinajstić information content (AvgIpc) is 1.56. The summed E-state index contributed by atoms with van der Waals surface area (Å²) in [5.41, 5.74) is 0. The molecule has 0 rings (SSSR count). The largest absolute Gasteiger partial charge is 0.701 e. The van der Waals surface area contributed by atoms with Gasteiger partial charge >= 0.3 is 20.5 Å². The summed E-state index contributed by atoms with van der Waals surface area (Å²) in [6, 6.07) is 0. The molecule has 0 aliphatic heterocycles. The third-order valence-corrected chi connectivity index (χ3v) is 0.908. The van der Waals surface area contributed by atoms with Crippen LogP contribution >= 0.6 is 18.2 Å². The number of rotatable bonds is 2. The molecular formula is C2H4F5O3P2+. The van der Waals surface area contributed by atoms with Gasteiger partial charge in [0.15, 0.2) is 0 Å². The first-order chi connectivity index (χ1) is 4.67. The van der Waals surface area contributed by atoms with Crippen LogP contribution < -0.4 is 0 Å². The van der Waals surface area contributed by atoms with Gasteiger partial charge < -0.3 is 0 Å². The van der Waals surface area contributed by atoms with Crippen LogP contribution in [0.3, 0.4) is 0 Å². The Kier molecular flexibility index (Phi) is 5.32. The fraction of sp³-hybridized carbons (Fsp3) is 1.00. The van der Waals surface area contributed by atoms with Gasteiger partial charge in [-0.25, -0.2) is 0 Å². The van der Waals surface area contributed by atoms with E-state index in [9.17, 15) is 26.5 Å². The van der Waals surface area contributed by atoms with Crippen LogP contribution in [0.1, 0.15) is 0 Å². The van der Waals surface area contributed by atoms with E-state index in [4.69, 9.17) is 4.89 Å². The Morgan fingerprint density at radius 3 is 1.58 bits per heavy atom. The maximum atomic E-state index is 11.5. The standard InChI is InChI=1S/C2F5O3P.H3P/c3-1(4,5)2(6,7)10-11(8)9;/h;1H3/p+1. The second kappa shape index (κ2) is 4.37. The molecule has 0 spiro atoms. The Morgan fingerprint density at radius 2 is 1.50 bits per heavy atom. The first-order valence-corrected chi connectivity index (χ1v) is 3.09. The number of hydrogen-bond donors (Lipinski definition) is 1. The van der Waals surface area contributed by atoms with E-state index in [0.717, 1.165) is 0 Å². The van der Waals surface area contributed by atoms with Crippen molar-refractivity contribution in [2.45, 2.75) is 12.3 Å². The van der Waals surface area contributed by atoms with Crippen LogP contribution in [-0.2, 0) is 9.09 Å². The monoisotopic (exact) mass is 233 g/mol. The molecule has 2 atom stereocenters. The second-order valence-corrected chi connectivity index (χ2v) is 2.00. The summed E-state index contributed by atoms with van der Waals surface area (Å²) in [6.07, 6.45) is -11.5. The molecule has 0 aliphatic rings. The van der Waals surface area contributed by atoms with E-state index < -0.39 is 20.5 Å². The first kappa shape index (κ1) is 14.6. The highest BCUT2D eigenvalue weighted by molar-refractivity contribution is 7.32. The van der Waals surface area contributed by atoms with Gasteiger partial charge in [-0.2, -0.15) is 31.9 Å². The van der Waals surface area contributed by atoms with Crippen molar-refractivity contribution < 1.29 is 35.9 Å². The second-order valence-electron chi connectivity index (χ2n) is 1.34. The summed E-state index contributed by atoms with van der Waals surface area (Å²) >= 11 is 0. The average molecular weight is 233 g/mol. The smallest absolute Gasteiger partial charge is 0.163 e. The lowest BCUT2D eigenvalue weighted by Gasteiger charge is -2.11. The molecule has 0 amide bonds. The molecule has 2 unspecified atom stereocenters. The zero-order valence-corrected chi connectivity index (χ0v) is 7.62. The van der Waals surface area contributed by atoms with Crippen molar-refractivity contribution in [3.63, 3.8) is 0 Å². The summed E-state index contributed by atoms with van der Waals surface area (Å²) in [6.45, 7) is 0. The van der Waals surface area contributed by atoms with Crippen LogP contribution in [0.2, 0.25) is 0 Å². The molecule has 0 aliphatic carbocycles. The van der Waals surface area contributed by atoms with Crippen LogP contribution in [0.4, 0.5) is 22.0 Å². The van der Waals surface area contributed by atoms with E-state index in [2.05, 4.69) is 4.52 Å². The van der Waals surface area contributed by atoms with Gasteiger partial charge in [0.05, 0.1) is 0 Å². The third kappa shape index (κ3) is 4.21. The van der Waals surface area contributed by atoms with Crippen molar-refractivity contribution in [2.75, 3.05) is 0 Å². The third-order valence-electron chi connectivity index (χ3n) is 0.523. The van der Waals surface area contributed by atoms with Gasteiger partial charge in [-0.15, -0.1) is 4.89 Å². The lowest BCUT2D eigenvalue weighted by atomic mass is 10.6. The quantitative estimate of drug-likeness (QED) is 0.584. The first-order valence-electron chi connectivity index (χ1n) is 1.96. The van der Waals surface area contributed by atoms with Crippen LogP contribution in [0, 0.1) is 0 Å². The summed E-state index contributed by atoms with van der Waals surface area (Å²) in [5.74, 6) is 0. The highest BCUT2D eigenvalue weighted by Crippen LogP contribution is 2.41. The zero-order chi connectivity index (χ0) is 9.28. The van der Waals surface area contributed by atoms with E-state index in [0.29, 0.717) is 0 Å². The van der Waals surface area contributed by atoms with Gasteiger partial charge in [0.25, 0.3) is 0 Å². The number of hydrogen-bond acceptors (Lipinski definition) is 2. The van der Waals surface area contributed by atoms with Gasteiger partial charge in [-0.3, -0.25) is 0 Å². The zero-order valence-electron chi connectivity index (χ0n) is 5.31. The van der Waals surface area contributed by atoms with Gasteiger partial charge in [-0.05, 0) is 4.52 Å². The van der Waals surface area contributed by atoms with E-state index in [-0.39, 0.29) is 9.90 Å². The molecule has 0 aromatic rings. The molecule has 0 bridgehead atoms. The fourth-order valence-corrected chi connectivity index (χ4v) is 0.450. The van der Waals surface area contributed by atoms with Crippen LogP contribution in [-0.4, -0.2) is 17.2 Å². The predicted molar refractivity (Wildman–Crippen MR) is 33.0 cm³/mol. The molecule has 12 heavy (non-hydrogen) atoms. The van der Waals surface area contributed by atoms with E-state index in [1.807, 2.05) is 0 Å². The lowest BCUT2D eigenvalue weighted by Crippen LogP contribution is -2.37. The highest BCUT2D eigenvalue weighted by Gasteiger charge is 2.65. The van der Waals surface area contributed by atoms with Crippen LogP contribution in [0.25, 0.3) is 0 Å². The van der Waals surface area contributed by atoms with Crippen molar-refractivity contribution in [2.24, 2.45) is 0 Å². The Balaban J connectivity index is 0. The summed E-state index contributed by atoms with van der Waals surface area (Å²) < 4.78 is 68.0. The van der Waals surface area contributed by atoms with Crippen molar-refractivity contribution in [3.05, 3.63) is 0 Å². The van der Waals surface area contributed by atoms with Gasteiger partial charge in [0, 0.05) is 4.57 Å². The maximum absolute atomic E-state index is 11.5. The Morgan fingerprint density at radius 1 is 1.17 bits per heavy atom. The number of halogens is 5. The molecule has 0 radical (unpaired) electrons. The van der Waals surface area contributed by atoms with Gasteiger partial charge in [0.2, 0.25) is 0 Å². The van der Waals surface area contributed by atoms with Gasteiger partial charge in [-0.1, -0.05) is 0 Å². The lowest BCUT2D eigenvalue weighted by molar-refractivity contribution is -0.361. The van der Waals surface area contributed by atoms with Gasteiger partial charge in [0.1, 0.15) is 0 Å².